The molecule has 2 aromatic carbocycles. The minimum atomic E-state index is 0.309. The maximum absolute atomic E-state index is 5.99. The largest absolute Gasteiger partial charge is 0.399 e. The van der Waals surface area contributed by atoms with Gasteiger partial charge in [0.15, 0.2) is 0 Å². The van der Waals surface area contributed by atoms with Crippen molar-refractivity contribution in [3.63, 3.8) is 0 Å². The first kappa shape index (κ1) is 11.4. The summed E-state index contributed by atoms with van der Waals surface area (Å²) in [6.45, 7) is 0. The summed E-state index contributed by atoms with van der Waals surface area (Å²) in [7, 11) is 0. The Morgan fingerprint density at radius 1 is 0.765 bits per heavy atom. The van der Waals surface area contributed by atoms with Crippen molar-refractivity contribution in [3.8, 4) is 11.1 Å². The van der Waals surface area contributed by atoms with Gasteiger partial charge in [0.25, 0.3) is 0 Å². The summed E-state index contributed by atoms with van der Waals surface area (Å²) in [5.74, 6) is 0. The summed E-state index contributed by atoms with van der Waals surface area (Å²) in [5, 5.41) is 0.392. The zero-order valence-corrected chi connectivity index (χ0v) is 9.83. The van der Waals surface area contributed by atoms with Crippen LogP contribution in [-0.4, -0.2) is 0 Å². The van der Waals surface area contributed by atoms with E-state index in [0.717, 1.165) is 11.1 Å². The van der Waals surface area contributed by atoms with Gasteiger partial charge < -0.3 is 22.9 Å². The van der Waals surface area contributed by atoms with Gasteiger partial charge in [-0.1, -0.05) is 23.7 Å². The Morgan fingerprint density at radius 3 is 1.94 bits per heavy atom. The van der Waals surface area contributed by atoms with Crippen LogP contribution in [0.5, 0.6) is 0 Å². The SMILES string of the molecule is Nc1ccc(-c2cc(Cl)c(N)c(N)c2N)cc1. The van der Waals surface area contributed by atoms with Crippen molar-refractivity contribution in [3.05, 3.63) is 35.4 Å². The zero-order chi connectivity index (χ0) is 12.6. The monoisotopic (exact) mass is 248 g/mol. The van der Waals surface area contributed by atoms with Crippen LogP contribution in [0.15, 0.2) is 30.3 Å². The first-order chi connectivity index (χ1) is 8.00. The molecule has 0 atom stereocenters. The molecule has 0 bridgehead atoms. The molecule has 0 radical (unpaired) electrons. The minimum Gasteiger partial charge on any atom is -0.399 e. The number of halogens is 1. The van der Waals surface area contributed by atoms with E-state index in [9.17, 15) is 0 Å². The van der Waals surface area contributed by atoms with Crippen molar-refractivity contribution in [2.75, 3.05) is 22.9 Å². The van der Waals surface area contributed by atoms with Gasteiger partial charge >= 0.3 is 0 Å². The second-order valence-electron chi connectivity index (χ2n) is 3.77. The van der Waals surface area contributed by atoms with Crippen molar-refractivity contribution < 1.29 is 0 Å². The Labute approximate surface area is 104 Å². The van der Waals surface area contributed by atoms with Crippen LogP contribution < -0.4 is 22.9 Å². The highest BCUT2D eigenvalue weighted by molar-refractivity contribution is 6.34. The van der Waals surface area contributed by atoms with Gasteiger partial charge in [0.05, 0.1) is 22.1 Å². The lowest BCUT2D eigenvalue weighted by Crippen LogP contribution is -2.02. The molecule has 0 aromatic heterocycles. The normalized spacial score (nSPS) is 10.4. The summed E-state index contributed by atoms with van der Waals surface area (Å²) in [6, 6.07) is 8.98. The van der Waals surface area contributed by atoms with Crippen LogP contribution in [0.2, 0.25) is 5.02 Å². The predicted octanol–water partition coefficient (Wildman–Crippen LogP) is 2.34. The first-order valence-electron chi connectivity index (χ1n) is 4.99. The number of rotatable bonds is 1. The molecule has 0 saturated carbocycles. The van der Waals surface area contributed by atoms with E-state index in [1.165, 1.54) is 0 Å². The lowest BCUT2D eigenvalue weighted by Gasteiger charge is -2.12. The molecule has 8 N–H and O–H groups in total. The molecular weight excluding hydrogens is 236 g/mol. The summed E-state index contributed by atoms with van der Waals surface area (Å²) < 4.78 is 0. The van der Waals surface area contributed by atoms with Crippen LogP contribution in [0, 0.1) is 0 Å². The molecule has 17 heavy (non-hydrogen) atoms. The zero-order valence-electron chi connectivity index (χ0n) is 9.07. The Kier molecular flexibility index (Phi) is 2.73. The van der Waals surface area contributed by atoms with E-state index in [0.29, 0.717) is 27.8 Å². The number of hydrogen-bond donors (Lipinski definition) is 4. The molecule has 88 valence electrons. The van der Waals surface area contributed by atoms with Crippen molar-refractivity contribution in [2.24, 2.45) is 0 Å². The molecule has 0 amide bonds. The number of nitrogens with two attached hydrogens (primary N) is 4. The number of anilines is 4. The van der Waals surface area contributed by atoms with E-state index in [4.69, 9.17) is 34.5 Å². The van der Waals surface area contributed by atoms with Crippen LogP contribution >= 0.6 is 11.6 Å². The average Bonchev–Trinajstić information content (AvgIpc) is 2.32. The highest BCUT2D eigenvalue weighted by atomic mass is 35.5. The second kappa shape index (κ2) is 4.07. The number of benzene rings is 2. The van der Waals surface area contributed by atoms with Gasteiger partial charge in [-0.2, -0.15) is 0 Å². The van der Waals surface area contributed by atoms with Gasteiger partial charge in [0.1, 0.15) is 0 Å². The van der Waals surface area contributed by atoms with E-state index in [-0.39, 0.29) is 0 Å². The standard InChI is InChI=1S/C12H13ClN4/c13-9-5-8(10(15)12(17)11(9)16)6-1-3-7(14)4-2-6/h1-5H,14-17H2. The van der Waals surface area contributed by atoms with Crippen molar-refractivity contribution >= 4 is 34.4 Å². The molecule has 5 heteroatoms. The molecule has 0 fully saturated rings. The summed E-state index contributed by atoms with van der Waals surface area (Å²) >= 11 is 5.99. The van der Waals surface area contributed by atoms with E-state index in [1.54, 1.807) is 18.2 Å². The fourth-order valence-corrected chi connectivity index (χ4v) is 1.81. The fourth-order valence-electron chi connectivity index (χ4n) is 1.60. The van der Waals surface area contributed by atoms with Crippen molar-refractivity contribution in [1.29, 1.82) is 0 Å². The van der Waals surface area contributed by atoms with Crippen molar-refractivity contribution in [2.45, 2.75) is 0 Å². The number of hydrogen-bond acceptors (Lipinski definition) is 4. The molecule has 0 spiro atoms. The van der Waals surface area contributed by atoms with Gasteiger partial charge in [-0.15, -0.1) is 0 Å². The van der Waals surface area contributed by atoms with Crippen LogP contribution in [0.3, 0.4) is 0 Å². The van der Waals surface area contributed by atoms with E-state index in [2.05, 4.69) is 0 Å². The molecule has 2 rings (SSSR count). The second-order valence-corrected chi connectivity index (χ2v) is 4.18. The van der Waals surface area contributed by atoms with E-state index >= 15 is 0 Å². The van der Waals surface area contributed by atoms with Crippen LogP contribution in [0.25, 0.3) is 11.1 Å². The maximum atomic E-state index is 5.99. The Bertz CT molecular complexity index is 564. The lowest BCUT2D eigenvalue weighted by molar-refractivity contribution is 1.59. The van der Waals surface area contributed by atoms with Crippen LogP contribution in [0.1, 0.15) is 0 Å². The molecule has 0 saturated heterocycles. The predicted molar refractivity (Wildman–Crippen MR) is 74.5 cm³/mol. The van der Waals surface area contributed by atoms with E-state index in [1.807, 2.05) is 12.1 Å². The molecule has 0 aliphatic rings. The molecule has 0 aliphatic carbocycles. The molecule has 4 nitrogen and oxygen atoms in total. The van der Waals surface area contributed by atoms with Gasteiger partial charge in [0.2, 0.25) is 0 Å². The van der Waals surface area contributed by atoms with Crippen LogP contribution in [-0.2, 0) is 0 Å². The summed E-state index contributed by atoms with van der Waals surface area (Å²) in [4.78, 5) is 0. The first-order valence-corrected chi connectivity index (χ1v) is 5.37. The summed E-state index contributed by atoms with van der Waals surface area (Å²) in [5.41, 5.74) is 26.4. The third kappa shape index (κ3) is 1.94. The van der Waals surface area contributed by atoms with Gasteiger partial charge in [-0.3, -0.25) is 0 Å². The molecule has 0 aliphatic heterocycles. The average molecular weight is 249 g/mol. The molecule has 2 aromatic rings. The van der Waals surface area contributed by atoms with Gasteiger partial charge in [-0.25, -0.2) is 0 Å². The number of nitrogen functional groups attached to an aromatic ring is 4. The van der Waals surface area contributed by atoms with Gasteiger partial charge in [-0.05, 0) is 23.8 Å². The third-order valence-electron chi connectivity index (χ3n) is 2.62. The van der Waals surface area contributed by atoms with Crippen LogP contribution in [0.4, 0.5) is 22.7 Å². The topological polar surface area (TPSA) is 104 Å². The minimum absolute atomic E-state index is 0.309. The van der Waals surface area contributed by atoms with Gasteiger partial charge in [0, 0.05) is 11.3 Å². The highest BCUT2D eigenvalue weighted by Crippen LogP contribution is 2.38. The Morgan fingerprint density at radius 2 is 1.35 bits per heavy atom. The molecule has 0 heterocycles. The molecular formula is C12H13ClN4. The Hall–Kier alpha value is -2.07. The smallest absolute Gasteiger partial charge is 0.0803 e. The molecule has 0 unspecified atom stereocenters. The maximum Gasteiger partial charge on any atom is 0.0803 e. The Balaban J connectivity index is 2.64. The highest BCUT2D eigenvalue weighted by Gasteiger charge is 2.11. The quantitative estimate of drug-likeness (QED) is 0.582. The summed E-state index contributed by atoms with van der Waals surface area (Å²) in [6.07, 6.45) is 0. The fraction of sp³-hybridized carbons (Fsp3) is 0. The van der Waals surface area contributed by atoms with E-state index < -0.39 is 0 Å². The van der Waals surface area contributed by atoms with Crippen molar-refractivity contribution in [1.82, 2.24) is 0 Å². The third-order valence-corrected chi connectivity index (χ3v) is 2.93. The lowest BCUT2D eigenvalue weighted by atomic mass is 10.0.